The van der Waals surface area contributed by atoms with E-state index in [9.17, 15) is 0 Å². The fourth-order valence-electron chi connectivity index (χ4n) is 3.09. The molecule has 3 heterocycles. The van der Waals surface area contributed by atoms with Crippen molar-refractivity contribution in [1.29, 1.82) is 0 Å². The van der Waals surface area contributed by atoms with E-state index < -0.39 is 0 Å². The number of rotatable bonds is 4. The number of aromatic nitrogens is 2. The number of benzene rings is 1. The fourth-order valence-corrected chi connectivity index (χ4v) is 3.09. The largest absolute Gasteiger partial charge is 0.464 e. The Bertz CT molecular complexity index is 827. The van der Waals surface area contributed by atoms with Gasteiger partial charge < -0.3 is 13.7 Å². The second kappa shape index (κ2) is 6.82. The second-order valence-corrected chi connectivity index (χ2v) is 6.30. The molecule has 0 aliphatic carbocycles. The van der Waals surface area contributed by atoms with Gasteiger partial charge in [0.15, 0.2) is 5.82 Å². The zero-order valence-corrected chi connectivity index (χ0v) is 14.4. The van der Waals surface area contributed by atoms with Gasteiger partial charge in [-0.15, -0.1) is 0 Å². The van der Waals surface area contributed by atoms with E-state index >= 15 is 0 Å². The molecule has 6 nitrogen and oxygen atoms in total. The number of morpholine rings is 1. The molecule has 130 valence electrons. The first-order valence-corrected chi connectivity index (χ1v) is 8.52. The molecule has 25 heavy (non-hydrogen) atoms. The third kappa shape index (κ3) is 3.36. The van der Waals surface area contributed by atoms with Crippen LogP contribution in [0.4, 0.5) is 0 Å². The summed E-state index contributed by atoms with van der Waals surface area (Å²) in [5.41, 5.74) is 0.930. The third-order valence-electron chi connectivity index (χ3n) is 4.56. The zero-order valence-electron chi connectivity index (χ0n) is 14.4. The molecule has 1 aromatic carbocycles. The van der Waals surface area contributed by atoms with Crippen molar-refractivity contribution in [3.05, 3.63) is 59.8 Å². The SMILES string of the molecule is Cc1ccc(C2CN(C(C)c3noc(-c4ccccc4)n3)CCO2)o1. The molecule has 0 radical (unpaired) electrons. The van der Waals surface area contributed by atoms with Gasteiger partial charge in [-0.1, -0.05) is 23.4 Å². The van der Waals surface area contributed by atoms with Crippen LogP contribution in [0.3, 0.4) is 0 Å². The highest BCUT2D eigenvalue weighted by atomic mass is 16.5. The van der Waals surface area contributed by atoms with Crippen molar-refractivity contribution < 1.29 is 13.7 Å². The number of aryl methyl sites for hydroxylation is 1. The quantitative estimate of drug-likeness (QED) is 0.721. The molecule has 1 aliphatic rings. The van der Waals surface area contributed by atoms with E-state index in [-0.39, 0.29) is 12.1 Å². The van der Waals surface area contributed by atoms with E-state index in [1.54, 1.807) is 0 Å². The topological polar surface area (TPSA) is 64.5 Å². The molecule has 2 atom stereocenters. The van der Waals surface area contributed by atoms with Crippen LogP contribution < -0.4 is 0 Å². The Morgan fingerprint density at radius 1 is 1.16 bits per heavy atom. The molecule has 2 unspecified atom stereocenters. The Hall–Kier alpha value is -2.44. The van der Waals surface area contributed by atoms with Gasteiger partial charge in [0.1, 0.15) is 17.6 Å². The summed E-state index contributed by atoms with van der Waals surface area (Å²) >= 11 is 0. The summed E-state index contributed by atoms with van der Waals surface area (Å²) < 4.78 is 17.0. The molecule has 1 saturated heterocycles. The monoisotopic (exact) mass is 339 g/mol. The van der Waals surface area contributed by atoms with Crippen molar-refractivity contribution in [1.82, 2.24) is 15.0 Å². The summed E-state index contributed by atoms with van der Waals surface area (Å²) in [6, 6.07) is 13.8. The van der Waals surface area contributed by atoms with Crippen molar-refractivity contribution in [2.75, 3.05) is 19.7 Å². The van der Waals surface area contributed by atoms with Crippen LogP contribution in [-0.4, -0.2) is 34.7 Å². The maximum Gasteiger partial charge on any atom is 0.257 e. The van der Waals surface area contributed by atoms with Crippen LogP contribution in [0, 0.1) is 6.92 Å². The first-order chi connectivity index (χ1) is 12.2. The first kappa shape index (κ1) is 16.1. The van der Waals surface area contributed by atoms with E-state index in [2.05, 4.69) is 22.0 Å². The lowest BCUT2D eigenvalue weighted by atomic mass is 10.1. The van der Waals surface area contributed by atoms with Gasteiger partial charge >= 0.3 is 0 Å². The van der Waals surface area contributed by atoms with Crippen molar-refractivity contribution in [3.8, 4) is 11.5 Å². The molecule has 3 aromatic rings. The van der Waals surface area contributed by atoms with Gasteiger partial charge in [-0.3, -0.25) is 4.90 Å². The smallest absolute Gasteiger partial charge is 0.257 e. The van der Waals surface area contributed by atoms with Gasteiger partial charge in [-0.2, -0.15) is 4.98 Å². The molecule has 0 spiro atoms. The van der Waals surface area contributed by atoms with Gasteiger partial charge in [-0.25, -0.2) is 0 Å². The minimum absolute atomic E-state index is 0.0451. The van der Waals surface area contributed by atoms with Gasteiger partial charge in [0.2, 0.25) is 0 Å². The van der Waals surface area contributed by atoms with Crippen LogP contribution in [0.5, 0.6) is 0 Å². The Labute approximate surface area is 146 Å². The minimum Gasteiger partial charge on any atom is -0.464 e. The van der Waals surface area contributed by atoms with Gasteiger partial charge in [0.05, 0.1) is 12.6 Å². The molecule has 4 rings (SSSR count). The van der Waals surface area contributed by atoms with E-state index in [1.807, 2.05) is 49.4 Å². The zero-order chi connectivity index (χ0) is 17.2. The van der Waals surface area contributed by atoms with E-state index in [0.717, 1.165) is 30.2 Å². The summed E-state index contributed by atoms with van der Waals surface area (Å²) in [7, 11) is 0. The number of furan rings is 1. The lowest BCUT2D eigenvalue weighted by molar-refractivity contribution is -0.0537. The Morgan fingerprint density at radius 3 is 2.76 bits per heavy atom. The highest BCUT2D eigenvalue weighted by Gasteiger charge is 2.30. The van der Waals surface area contributed by atoms with E-state index in [0.29, 0.717) is 18.3 Å². The summed E-state index contributed by atoms with van der Waals surface area (Å²) in [5, 5.41) is 4.18. The van der Waals surface area contributed by atoms with Crippen LogP contribution in [0.1, 0.15) is 36.4 Å². The van der Waals surface area contributed by atoms with Crippen LogP contribution in [-0.2, 0) is 4.74 Å². The fraction of sp³-hybridized carbons (Fsp3) is 0.368. The molecule has 1 aliphatic heterocycles. The summed E-state index contributed by atoms with van der Waals surface area (Å²) in [5.74, 6) is 3.01. The van der Waals surface area contributed by atoms with Crippen molar-refractivity contribution in [3.63, 3.8) is 0 Å². The molecule has 0 N–H and O–H groups in total. The highest BCUT2D eigenvalue weighted by Crippen LogP contribution is 2.29. The van der Waals surface area contributed by atoms with Crippen LogP contribution in [0.2, 0.25) is 0 Å². The van der Waals surface area contributed by atoms with E-state index in [4.69, 9.17) is 13.7 Å². The molecule has 1 fully saturated rings. The Morgan fingerprint density at radius 2 is 2.00 bits per heavy atom. The summed E-state index contributed by atoms with van der Waals surface area (Å²) in [6.07, 6.45) is -0.0644. The predicted molar refractivity (Wildman–Crippen MR) is 91.9 cm³/mol. The van der Waals surface area contributed by atoms with Gasteiger partial charge in [-0.05, 0) is 38.1 Å². The normalized spacial score (nSPS) is 19.8. The first-order valence-electron chi connectivity index (χ1n) is 8.52. The molecule has 2 aromatic heterocycles. The van der Waals surface area contributed by atoms with Crippen LogP contribution >= 0.6 is 0 Å². The second-order valence-electron chi connectivity index (χ2n) is 6.30. The standard InChI is InChI=1S/C19H21N3O3/c1-13-8-9-16(24-13)17-12-22(10-11-23-17)14(2)18-20-19(25-21-18)15-6-4-3-5-7-15/h3-9,14,17H,10-12H2,1-2H3. The molecule has 0 bridgehead atoms. The Balaban J connectivity index is 1.49. The number of ether oxygens (including phenoxy) is 1. The molecule has 0 saturated carbocycles. The molecule has 6 heteroatoms. The van der Waals surface area contributed by atoms with E-state index in [1.165, 1.54) is 0 Å². The minimum atomic E-state index is -0.0644. The number of nitrogens with zero attached hydrogens (tertiary/aromatic N) is 3. The predicted octanol–water partition coefficient (Wildman–Crippen LogP) is 3.77. The molecular weight excluding hydrogens is 318 g/mol. The lowest BCUT2D eigenvalue weighted by Crippen LogP contribution is -2.40. The van der Waals surface area contributed by atoms with Crippen LogP contribution in [0.25, 0.3) is 11.5 Å². The maximum atomic E-state index is 5.87. The number of hydrogen-bond donors (Lipinski definition) is 0. The number of hydrogen-bond acceptors (Lipinski definition) is 6. The maximum absolute atomic E-state index is 5.87. The average Bonchev–Trinajstić information content (AvgIpc) is 3.31. The summed E-state index contributed by atoms with van der Waals surface area (Å²) in [4.78, 5) is 6.87. The highest BCUT2D eigenvalue weighted by molar-refractivity contribution is 5.52. The molecular formula is C19H21N3O3. The van der Waals surface area contributed by atoms with Crippen LogP contribution in [0.15, 0.2) is 51.4 Å². The lowest BCUT2D eigenvalue weighted by Gasteiger charge is -2.34. The average molecular weight is 339 g/mol. The van der Waals surface area contributed by atoms with Crippen molar-refractivity contribution >= 4 is 0 Å². The van der Waals surface area contributed by atoms with Gasteiger partial charge in [0, 0.05) is 18.7 Å². The van der Waals surface area contributed by atoms with Crippen molar-refractivity contribution in [2.45, 2.75) is 26.0 Å². The Kier molecular flexibility index (Phi) is 4.38. The van der Waals surface area contributed by atoms with Crippen molar-refractivity contribution in [2.24, 2.45) is 0 Å². The van der Waals surface area contributed by atoms with Gasteiger partial charge in [0.25, 0.3) is 5.89 Å². The third-order valence-corrected chi connectivity index (χ3v) is 4.56. The summed E-state index contributed by atoms with van der Waals surface area (Å²) in [6.45, 7) is 6.25. The molecule has 0 amide bonds.